The van der Waals surface area contributed by atoms with Crippen molar-refractivity contribution in [2.24, 2.45) is 5.92 Å². The minimum Gasteiger partial charge on any atom is -0.342 e. The molecule has 1 fully saturated rings. The molecule has 1 aromatic rings. The van der Waals surface area contributed by atoms with Crippen LogP contribution in [0.3, 0.4) is 0 Å². The van der Waals surface area contributed by atoms with Crippen LogP contribution >= 0.6 is 0 Å². The molecule has 0 saturated carbocycles. The Hall–Kier alpha value is -1.89. The van der Waals surface area contributed by atoms with Crippen LogP contribution in [-0.2, 0) is 11.2 Å². The summed E-state index contributed by atoms with van der Waals surface area (Å²) >= 11 is 0. The molecule has 0 aliphatic carbocycles. The highest BCUT2D eigenvalue weighted by Gasteiger charge is 2.25. The summed E-state index contributed by atoms with van der Waals surface area (Å²) in [4.78, 5) is 13.5. The maximum absolute atomic E-state index is 13.4. The maximum atomic E-state index is 13.4. The summed E-state index contributed by atoms with van der Waals surface area (Å²) in [5.41, 5.74) is 0.632. The standard InChI is InChI=1S/C14H15FN2O/c15-13-4-2-1-3-12(13)6-8-17-7-5-11(10-16)9-14(17)18/h1-4,11H,5-9H2. The van der Waals surface area contributed by atoms with E-state index in [1.165, 1.54) is 6.07 Å². The Bertz CT molecular complexity index is 481. The van der Waals surface area contributed by atoms with Crippen molar-refractivity contribution in [3.63, 3.8) is 0 Å². The second kappa shape index (κ2) is 5.63. The molecule has 0 radical (unpaired) electrons. The number of hydrogen-bond donors (Lipinski definition) is 0. The van der Waals surface area contributed by atoms with Crippen molar-refractivity contribution in [2.45, 2.75) is 19.3 Å². The van der Waals surface area contributed by atoms with Crippen LogP contribution in [0.25, 0.3) is 0 Å². The maximum Gasteiger partial charge on any atom is 0.223 e. The predicted octanol–water partition coefficient (Wildman–Crippen LogP) is 2.13. The summed E-state index contributed by atoms with van der Waals surface area (Å²) in [7, 11) is 0. The van der Waals surface area contributed by atoms with Gasteiger partial charge in [-0.05, 0) is 24.5 Å². The zero-order valence-corrected chi connectivity index (χ0v) is 10.1. The molecule has 1 heterocycles. The summed E-state index contributed by atoms with van der Waals surface area (Å²) in [6.07, 6.45) is 1.54. The number of rotatable bonds is 3. The average molecular weight is 246 g/mol. The Kier molecular flexibility index (Phi) is 3.93. The Morgan fingerprint density at radius 2 is 2.22 bits per heavy atom. The Morgan fingerprint density at radius 1 is 1.44 bits per heavy atom. The fourth-order valence-electron chi connectivity index (χ4n) is 2.18. The lowest BCUT2D eigenvalue weighted by molar-refractivity contribution is -0.134. The van der Waals surface area contributed by atoms with Crippen molar-refractivity contribution in [1.82, 2.24) is 4.90 Å². The molecule has 1 aromatic carbocycles. The molecule has 1 saturated heterocycles. The number of nitriles is 1. The number of hydrogen-bond acceptors (Lipinski definition) is 2. The third-order valence-corrected chi connectivity index (χ3v) is 3.31. The van der Waals surface area contributed by atoms with E-state index in [1.54, 1.807) is 23.1 Å². The third-order valence-electron chi connectivity index (χ3n) is 3.31. The molecule has 18 heavy (non-hydrogen) atoms. The van der Waals surface area contributed by atoms with Crippen molar-refractivity contribution in [3.8, 4) is 6.07 Å². The largest absolute Gasteiger partial charge is 0.342 e. The van der Waals surface area contributed by atoms with Gasteiger partial charge in [0.15, 0.2) is 0 Å². The van der Waals surface area contributed by atoms with E-state index in [9.17, 15) is 9.18 Å². The van der Waals surface area contributed by atoms with Gasteiger partial charge in [0.25, 0.3) is 0 Å². The van der Waals surface area contributed by atoms with Gasteiger partial charge < -0.3 is 4.90 Å². The van der Waals surface area contributed by atoms with Crippen LogP contribution in [0.1, 0.15) is 18.4 Å². The van der Waals surface area contributed by atoms with E-state index in [-0.39, 0.29) is 17.6 Å². The van der Waals surface area contributed by atoms with Gasteiger partial charge >= 0.3 is 0 Å². The van der Waals surface area contributed by atoms with Gasteiger partial charge in [0, 0.05) is 19.5 Å². The first-order valence-electron chi connectivity index (χ1n) is 6.11. The van der Waals surface area contributed by atoms with Gasteiger partial charge in [0.1, 0.15) is 5.82 Å². The number of carbonyl (C=O) groups excluding carboxylic acids is 1. The van der Waals surface area contributed by atoms with E-state index < -0.39 is 0 Å². The number of likely N-dealkylation sites (tertiary alicyclic amines) is 1. The highest BCUT2D eigenvalue weighted by atomic mass is 19.1. The van der Waals surface area contributed by atoms with Crippen LogP contribution in [0, 0.1) is 23.1 Å². The van der Waals surface area contributed by atoms with Crippen LogP contribution in [-0.4, -0.2) is 23.9 Å². The van der Waals surface area contributed by atoms with Gasteiger partial charge in [-0.3, -0.25) is 4.79 Å². The monoisotopic (exact) mass is 246 g/mol. The fourth-order valence-corrected chi connectivity index (χ4v) is 2.18. The lowest BCUT2D eigenvalue weighted by Gasteiger charge is -2.29. The number of benzene rings is 1. The lowest BCUT2D eigenvalue weighted by atomic mass is 9.97. The quantitative estimate of drug-likeness (QED) is 0.820. The third kappa shape index (κ3) is 2.86. The second-order valence-corrected chi connectivity index (χ2v) is 4.54. The highest BCUT2D eigenvalue weighted by Crippen LogP contribution is 2.18. The summed E-state index contributed by atoms with van der Waals surface area (Å²) in [5.74, 6) is -0.372. The van der Waals surface area contributed by atoms with E-state index in [0.717, 1.165) is 6.42 Å². The van der Waals surface area contributed by atoms with Crippen molar-refractivity contribution < 1.29 is 9.18 Å². The lowest BCUT2D eigenvalue weighted by Crippen LogP contribution is -2.39. The molecule has 3 nitrogen and oxygen atoms in total. The summed E-state index contributed by atoms with van der Waals surface area (Å²) < 4.78 is 13.4. The van der Waals surface area contributed by atoms with Gasteiger partial charge in [-0.2, -0.15) is 5.26 Å². The number of nitrogens with zero attached hydrogens (tertiary/aromatic N) is 2. The van der Waals surface area contributed by atoms with Crippen molar-refractivity contribution >= 4 is 5.91 Å². The van der Waals surface area contributed by atoms with Gasteiger partial charge in [0.2, 0.25) is 5.91 Å². The summed E-state index contributed by atoms with van der Waals surface area (Å²) in [5, 5.41) is 8.77. The Morgan fingerprint density at radius 3 is 2.89 bits per heavy atom. The molecule has 94 valence electrons. The number of amides is 1. The first-order valence-corrected chi connectivity index (χ1v) is 6.11. The first kappa shape index (κ1) is 12.6. The molecule has 1 unspecified atom stereocenters. The highest BCUT2D eigenvalue weighted by molar-refractivity contribution is 5.77. The molecule has 0 N–H and O–H groups in total. The van der Waals surface area contributed by atoms with Crippen LogP contribution in [0.4, 0.5) is 4.39 Å². The molecule has 0 bridgehead atoms. The molecule has 1 amide bonds. The Labute approximate surface area is 106 Å². The molecule has 4 heteroatoms. The van der Waals surface area contributed by atoms with Gasteiger partial charge in [-0.15, -0.1) is 0 Å². The fraction of sp³-hybridized carbons (Fsp3) is 0.429. The van der Waals surface area contributed by atoms with E-state index in [1.807, 2.05) is 0 Å². The van der Waals surface area contributed by atoms with Gasteiger partial charge in [-0.1, -0.05) is 18.2 Å². The topological polar surface area (TPSA) is 44.1 Å². The predicted molar refractivity (Wildman–Crippen MR) is 65.0 cm³/mol. The van der Waals surface area contributed by atoms with Crippen molar-refractivity contribution in [3.05, 3.63) is 35.6 Å². The Balaban J connectivity index is 1.90. The van der Waals surface area contributed by atoms with Crippen LogP contribution in [0.2, 0.25) is 0 Å². The van der Waals surface area contributed by atoms with E-state index >= 15 is 0 Å². The van der Waals surface area contributed by atoms with Crippen LogP contribution in [0.5, 0.6) is 0 Å². The van der Waals surface area contributed by atoms with Crippen LogP contribution in [0.15, 0.2) is 24.3 Å². The number of halogens is 1. The van der Waals surface area contributed by atoms with Crippen molar-refractivity contribution in [1.29, 1.82) is 5.26 Å². The zero-order chi connectivity index (χ0) is 13.0. The minimum atomic E-state index is -0.225. The van der Waals surface area contributed by atoms with Crippen molar-refractivity contribution in [2.75, 3.05) is 13.1 Å². The van der Waals surface area contributed by atoms with Crippen LogP contribution < -0.4 is 0 Å². The average Bonchev–Trinajstić information content (AvgIpc) is 2.39. The molecule has 1 aliphatic rings. The van der Waals surface area contributed by atoms with Gasteiger partial charge in [0.05, 0.1) is 12.0 Å². The summed E-state index contributed by atoms with van der Waals surface area (Å²) in [6, 6.07) is 8.75. The van der Waals surface area contributed by atoms with E-state index in [0.29, 0.717) is 31.5 Å². The molecule has 0 spiro atoms. The number of carbonyl (C=O) groups is 1. The second-order valence-electron chi connectivity index (χ2n) is 4.54. The number of piperidine rings is 1. The van der Waals surface area contributed by atoms with E-state index in [2.05, 4.69) is 6.07 Å². The summed E-state index contributed by atoms with van der Waals surface area (Å²) in [6.45, 7) is 1.13. The minimum absolute atomic E-state index is 0.00383. The zero-order valence-electron chi connectivity index (χ0n) is 10.1. The SMILES string of the molecule is N#CC1CCN(CCc2ccccc2F)C(=O)C1. The van der Waals surface area contributed by atoms with Gasteiger partial charge in [-0.25, -0.2) is 4.39 Å². The molecule has 1 aliphatic heterocycles. The smallest absolute Gasteiger partial charge is 0.223 e. The normalized spacial score (nSPS) is 19.7. The molecule has 1 atom stereocenters. The molecule has 0 aromatic heterocycles. The first-order chi connectivity index (χ1) is 8.70. The molecular formula is C14H15FN2O. The molecule has 2 rings (SSSR count). The van der Waals surface area contributed by atoms with E-state index in [4.69, 9.17) is 5.26 Å². The molecular weight excluding hydrogens is 231 g/mol.